The van der Waals surface area contributed by atoms with Crippen LogP contribution < -0.4 is 10.5 Å². The lowest BCUT2D eigenvalue weighted by atomic mass is 10.2. The van der Waals surface area contributed by atoms with Crippen LogP contribution in [0.15, 0.2) is 47.3 Å². The number of nitrogens with zero attached hydrogens (tertiary/aromatic N) is 3. The first-order chi connectivity index (χ1) is 12.0. The number of anilines is 1. The molecule has 1 aromatic carbocycles. The van der Waals surface area contributed by atoms with Gasteiger partial charge in [0.25, 0.3) is 5.56 Å². The third-order valence-electron chi connectivity index (χ3n) is 4.62. The lowest BCUT2D eigenvalue weighted by Gasteiger charge is -2.36. The van der Waals surface area contributed by atoms with E-state index >= 15 is 0 Å². The van der Waals surface area contributed by atoms with Gasteiger partial charge in [0.1, 0.15) is 5.75 Å². The highest BCUT2D eigenvalue weighted by Gasteiger charge is 2.21. The number of rotatable bonds is 4. The third-order valence-corrected chi connectivity index (χ3v) is 4.62. The second kappa shape index (κ2) is 7.42. The Bertz CT molecular complexity index is 793. The minimum absolute atomic E-state index is 0.0397. The SMILES string of the molecule is Cc1cc(O)cc(=O)n1CCC(=O)N1CCN(c2ccccc2)CC1. The highest BCUT2D eigenvalue weighted by molar-refractivity contribution is 5.76. The summed E-state index contributed by atoms with van der Waals surface area (Å²) >= 11 is 0. The van der Waals surface area contributed by atoms with Gasteiger partial charge in [0.15, 0.2) is 0 Å². The Balaban J connectivity index is 1.54. The number of carbonyl (C=O) groups excluding carboxylic acids is 1. The Morgan fingerprint density at radius 2 is 1.76 bits per heavy atom. The molecule has 0 saturated carbocycles. The van der Waals surface area contributed by atoms with E-state index in [1.165, 1.54) is 22.4 Å². The molecule has 1 aromatic heterocycles. The minimum Gasteiger partial charge on any atom is -0.508 e. The lowest BCUT2D eigenvalue weighted by Crippen LogP contribution is -2.49. The summed E-state index contributed by atoms with van der Waals surface area (Å²) in [5.74, 6) is 0.0224. The molecule has 0 radical (unpaired) electrons. The number of benzene rings is 1. The second-order valence-corrected chi connectivity index (χ2v) is 6.30. The second-order valence-electron chi connectivity index (χ2n) is 6.30. The van der Waals surface area contributed by atoms with Gasteiger partial charge in [0.2, 0.25) is 5.91 Å². The van der Waals surface area contributed by atoms with Crippen molar-refractivity contribution < 1.29 is 9.90 Å². The molecule has 0 aliphatic carbocycles. The molecule has 1 fully saturated rings. The van der Waals surface area contributed by atoms with Crippen LogP contribution in [0.5, 0.6) is 5.75 Å². The van der Waals surface area contributed by atoms with Crippen molar-refractivity contribution in [3.63, 3.8) is 0 Å². The Morgan fingerprint density at radius 1 is 1.08 bits per heavy atom. The molecular formula is C19H23N3O3. The van der Waals surface area contributed by atoms with E-state index in [1.54, 1.807) is 6.92 Å². The Labute approximate surface area is 146 Å². The van der Waals surface area contributed by atoms with Gasteiger partial charge in [-0.15, -0.1) is 0 Å². The van der Waals surface area contributed by atoms with E-state index in [-0.39, 0.29) is 23.6 Å². The normalized spacial score (nSPS) is 14.6. The predicted octanol–water partition coefficient (Wildman–Crippen LogP) is 1.60. The summed E-state index contributed by atoms with van der Waals surface area (Å²) in [5, 5.41) is 9.43. The largest absolute Gasteiger partial charge is 0.508 e. The number of aromatic hydroxyl groups is 1. The Kier molecular flexibility index (Phi) is 5.07. The molecule has 6 heteroatoms. The van der Waals surface area contributed by atoms with Crippen molar-refractivity contribution in [1.82, 2.24) is 9.47 Å². The maximum absolute atomic E-state index is 12.4. The van der Waals surface area contributed by atoms with Crippen LogP contribution in [0.2, 0.25) is 0 Å². The van der Waals surface area contributed by atoms with E-state index in [9.17, 15) is 14.7 Å². The van der Waals surface area contributed by atoms with Crippen LogP contribution in [0.3, 0.4) is 0 Å². The summed E-state index contributed by atoms with van der Waals surface area (Å²) in [4.78, 5) is 28.5. The number of amides is 1. The van der Waals surface area contributed by atoms with Crippen molar-refractivity contribution in [3.05, 3.63) is 58.5 Å². The van der Waals surface area contributed by atoms with Gasteiger partial charge in [-0.3, -0.25) is 9.59 Å². The van der Waals surface area contributed by atoms with Gasteiger partial charge in [-0.25, -0.2) is 0 Å². The summed E-state index contributed by atoms with van der Waals surface area (Å²) in [6.45, 7) is 5.10. The molecule has 0 atom stereocenters. The molecule has 1 amide bonds. The molecule has 3 rings (SSSR count). The molecule has 0 spiro atoms. The molecule has 1 aliphatic heterocycles. The third kappa shape index (κ3) is 4.02. The molecule has 2 aromatic rings. The zero-order valence-corrected chi connectivity index (χ0v) is 14.4. The van der Waals surface area contributed by atoms with Crippen molar-refractivity contribution in [3.8, 4) is 5.75 Å². The van der Waals surface area contributed by atoms with Gasteiger partial charge in [0.05, 0.1) is 0 Å². The van der Waals surface area contributed by atoms with Crippen LogP contribution >= 0.6 is 0 Å². The van der Waals surface area contributed by atoms with Gasteiger partial charge >= 0.3 is 0 Å². The lowest BCUT2D eigenvalue weighted by molar-refractivity contribution is -0.131. The van der Waals surface area contributed by atoms with E-state index < -0.39 is 0 Å². The number of para-hydroxylation sites is 1. The quantitative estimate of drug-likeness (QED) is 0.917. The number of hydrogen-bond donors (Lipinski definition) is 1. The van der Waals surface area contributed by atoms with Crippen molar-refractivity contribution in [1.29, 1.82) is 0 Å². The highest BCUT2D eigenvalue weighted by atomic mass is 16.3. The standard InChI is InChI=1S/C19H23N3O3/c1-15-13-17(23)14-19(25)22(15)8-7-18(24)21-11-9-20(10-12-21)16-5-3-2-4-6-16/h2-6,13-14,23H,7-12H2,1H3. The first-order valence-electron chi connectivity index (χ1n) is 8.53. The molecule has 6 nitrogen and oxygen atoms in total. The van der Waals surface area contributed by atoms with Crippen molar-refractivity contribution in [2.24, 2.45) is 0 Å². The first kappa shape index (κ1) is 17.1. The van der Waals surface area contributed by atoms with Gasteiger partial charge in [-0.05, 0) is 25.1 Å². The Morgan fingerprint density at radius 3 is 2.40 bits per heavy atom. The molecule has 1 N–H and O–H groups in total. The number of piperazine rings is 1. The van der Waals surface area contributed by atoms with Crippen molar-refractivity contribution >= 4 is 11.6 Å². The zero-order chi connectivity index (χ0) is 17.8. The zero-order valence-electron chi connectivity index (χ0n) is 14.4. The van der Waals surface area contributed by atoms with Crippen LogP contribution in [-0.2, 0) is 11.3 Å². The molecule has 1 saturated heterocycles. The minimum atomic E-state index is -0.279. The molecule has 0 bridgehead atoms. The molecule has 0 unspecified atom stereocenters. The average Bonchev–Trinajstić information content (AvgIpc) is 2.61. The van der Waals surface area contributed by atoms with Gasteiger partial charge in [-0.2, -0.15) is 0 Å². The van der Waals surface area contributed by atoms with E-state index in [1.807, 2.05) is 23.1 Å². The smallest absolute Gasteiger partial charge is 0.254 e. The van der Waals surface area contributed by atoms with E-state index in [0.717, 1.165) is 13.1 Å². The molecular weight excluding hydrogens is 318 g/mol. The fourth-order valence-electron chi connectivity index (χ4n) is 3.22. The number of hydrogen-bond acceptors (Lipinski definition) is 4. The van der Waals surface area contributed by atoms with Gasteiger partial charge in [0, 0.05) is 56.6 Å². The number of aromatic nitrogens is 1. The van der Waals surface area contributed by atoms with Crippen molar-refractivity contribution in [2.45, 2.75) is 19.9 Å². The summed E-state index contributed by atoms with van der Waals surface area (Å²) < 4.78 is 1.53. The fourth-order valence-corrected chi connectivity index (χ4v) is 3.22. The van der Waals surface area contributed by atoms with Crippen LogP contribution in [0.4, 0.5) is 5.69 Å². The van der Waals surface area contributed by atoms with Gasteiger partial charge < -0.3 is 19.5 Å². The van der Waals surface area contributed by atoms with E-state index in [0.29, 0.717) is 25.3 Å². The Hall–Kier alpha value is -2.76. The summed E-state index contributed by atoms with van der Waals surface area (Å²) in [7, 11) is 0. The maximum Gasteiger partial charge on any atom is 0.254 e. The van der Waals surface area contributed by atoms with Crippen LogP contribution in [0.1, 0.15) is 12.1 Å². The number of carbonyl (C=O) groups is 1. The summed E-state index contributed by atoms with van der Waals surface area (Å²) in [6.07, 6.45) is 0.289. The summed E-state index contributed by atoms with van der Waals surface area (Å²) in [6, 6.07) is 12.9. The van der Waals surface area contributed by atoms with Gasteiger partial charge in [-0.1, -0.05) is 18.2 Å². The molecule has 1 aliphatic rings. The average molecular weight is 341 g/mol. The van der Waals surface area contributed by atoms with E-state index in [4.69, 9.17) is 0 Å². The fraction of sp³-hybridized carbons (Fsp3) is 0.368. The first-order valence-corrected chi connectivity index (χ1v) is 8.53. The van der Waals surface area contributed by atoms with Crippen LogP contribution in [-0.4, -0.2) is 46.7 Å². The monoisotopic (exact) mass is 341 g/mol. The number of aryl methyl sites for hydroxylation is 1. The van der Waals surface area contributed by atoms with Crippen LogP contribution in [0, 0.1) is 6.92 Å². The van der Waals surface area contributed by atoms with E-state index in [2.05, 4.69) is 17.0 Å². The molecule has 132 valence electrons. The highest BCUT2D eigenvalue weighted by Crippen LogP contribution is 2.16. The number of pyridine rings is 1. The molecule has 2 heterocycles. The topological polar surface area (TPSA) is 65.8 Å². The van der Waals surface area contributed by atoms with Crippen LogP contribution in [0.25, 0.3) is 0 Å². The predicted molar refractivity (Wildman–Crippen MR) is 97.0 cm³/mol. The van der Waals surface area contributed by atoms with Crippen molar-refractivity contribution in [2.75, 3.05) is 31.1 Å². The molecule has 25 heavy (non-hydrogen) atoms. The summed E-state index contributed by atoms with van der Waals surface area (Å²) in [5.41, 5.74) is 1.56. The maximum atomic E-state index is 12.4.